The van der Waals surface area contributed by atoms with Crippen LogP contribution < -0.4 is 10.2 Å². The number of halogens is 1. The molecule has 1 atom stereocenters. The second-order valence-corrected chi connectivity index (χ2v) is 8.09. The Balaban J connectivity index is 1.77. The van der Waals surface area contributed by atoms with E-state index in [2.05, 4.69) is 5.32 Å². The smallest absolute Gasteiger partial charge is 0.249 e. The van der Waals surface area contributed by atoms with Crippen LogP contribution in [0.3, 0.4) is 0 Å². The molecular weight excluding hydrogens is 343 g/mol. The summed E-state index contributed by atoms with van der Waals surface area (Å²) in [6.07, 6.45) is 2.53. The van der Waals surface area contributed by atoms with Gasteiger partial charge in [-0.15, -0.1) is 0 Å². The van der Waals surface area contributed by atoms with Gasteiger partial charge in [0.15, 0.2) is 9.84 Å². The molecule has 1 heterocycles. The van der Waals surface area contributed by atoms with Crippen molar-refractivity contribution in [3.63, 3.8) is 0 Å². The molecule has 25 heavy (non-hydrogen) atoms. The van der Waals surface area contributed by atoms with Gasteiger partial charge in [0, 0.05) is 18.5 Å². The summed E-state index contributed by atoms with van der Waals surface area (Å²) < 4.78 is 37.0. The number of rotatable bonds is 4. The first-order chi connectivity index (χ1) is 11.9. The van der Waals surface area contributed by atoms with Gasteiger partial charge in [0.1, 0.15) is 11.9 Å². The van der Waals surface area contributed by atoms with Gasteiger partial charge in [-0.25, -0.2) is 12.8 Å². The molecule has 0 aromatic heterocycles. The quantitative estimate of drug-likeness (QED) is 0.908. The number of benzene rings is 2. The van der Waals surface area contributed by atoms with Crippen LogP contribution in [0.4, 0.5) is 15.8 Å². The Morgan fingerprint density at radius 1 is 1.12 bits per heavy atom. The van der Waals surface area contributed by atoms with Crippen LogP contribution >= 0.6 is 0 Å². The number of anilines is 2. The van der Waals surface area contributed by atoms with E-state index in [1.165, 1.54) is 23.1 Å². The van der Waals surface area contributed by atoms with Crippen LogP contribution in [0.1, 0.15) is 12.8 Å². The fourth-order valence-corrected chi connectivity index (χ4v) is 3.55. The Hall–Kier alpha value is -2.41. The molecule has 0 aliphatic carbocycles. The van der Waals surface area contributed by atoms with Crippen molar-refractivity contribution in [2.75, 3.05) is 23.0 Å². The minimum Gasteiger partial charge on any atom is -0.374 e. The molecule has 7 heteroatoms. The average Bonchev–Trinajstić information content (AvgIpc) is 2.57. The monoisotopic (exact) mass is 362 g/mol. The Labute approximate surface area is 146 Å². The molecule has 3 rings (SSSR count). The predicted molar refractivity (Wildman–Crippen MR) is 94.9 cm³/mol. The number of para-hydroxylation sites is 1. The molecule has 2 aromatic carbocycles. The maximum Gasteiger partial charge on any atom is 0.249 e. The van der Waals surface area contributed by atoms with Crippen LogP contribution in [0, 0.1) is 5.82 Å². The van der Waals surface area contributed by atoms with Gasteiger partial charge in [-0.2, -0.15) is 0 Å². The lowest BCUT2D eigenvalue weighted by Gasteiger charge is -2.33. The molecule has 132 valence electrons. The van der Waals surface area contributed by atoms with Gasteiger partial charge >= 0.3 is 0 Å². The number of sulfone groups is 1. The third kappa shape index (κ3) is 3.82. The first-order valence-electron chi connectivity index (χ1n) is 7.99. The van der Waals surface area contributed by atoms with Gasteiger partial charge in [-0.05, 0) is 49.2 Å². The van der Waals surface area contributed by atoms with E-state index in [1.54, 1.807) is 30.3 Å². The molecular formula is C18H19FN2O3S. The van der Waals surface area contributed by atoms with Crippen molar-refractivity contribution in [2.24, 2.45) is 0 Å². The van der Waals surface area contributed by atoms with Gasteiger partial charge in [0.2, 0.25) is 5.91 Å². The summed E-state index contributed by atoms with van der Waals surface area (Å²) >= 11 is 0. The number of carbonyl (C=O) groups excluding carboxylic acids is 1. The number of piperidine rings is 1. The van der Waals surface area contributed by atoms with Crippen molar-refractivity contribution in [3.8, 4) is 0 Å². The molecule has 1 aliphatic heterocycles. The second-order valence-electron chi connectivity index (χ2n) is 6.08. The Morgan fingerprint density at radius 2 is 1.80 bits per heavy atom. The van der Waals surface area contributed by atoms with Gasteiger partial charge in [0.05, 0.1) is 10.6 Å². The van der Waals surface area contributed by atoms with Crippen LogP contribution in [0.25, 0.3) is 0 Å². The molecule has 5 nitrogen and oxygen atoms in total. The summed E-state index contributed by atoms with van der Waals surface area (Å²) in [6.45, 7) is 0.477. The standard InChI is InChI=1S/C18H19FN2O3S/c1-25(23,24)14-10-8-13(9-11-14)20-16-6-4-12-21(18(16)22)17-7-3-2-5-15(17)19/h2-3,5,7-11,16,20H,4,6,12H2,1H3. The van der Waals surface area contributed by atoms with E-state index >= 15 is 0 Å². The number of hydrogen-bond acceptors (Lipinski definition) is 4. The van der Waals surface area contributed by atoms with Crippen LogP contribution in [-0.4, -0.2) is 33.2 Å². The molecule has 1 fully saturated rings. The maximum atomic E-state index is 14.0. The van der Waals surface area contributed by atoms with Crippen molar-refractivity contribution in [1.29, 1.82) is 0 Å². The summed E-state index contributed by atoms with van der Waals surface area (Å²) in [6, 6.07) is 12.0. The lowest BCUT2D eigenvalue weighted by molar-refractivity contribution is -0.120. The first-order valence-corrected chi connectivity index (χ1v) is 9.88. The number of nitrogens with one attached hydrogen (secondary N) is 1. The lowest BCUT2D eigenvalue weighted by Crippen LogP contribution is -2.48. The number of amides is 1. The van der Waals surface area contributed by atoms with Gasteiger partial charge < -0.3 is 10.2 Å². The molecule has 1 saturated heterocycles. The summed E-state index contributed by atoms with van der Waals surface area (Å²) in [4.78, 5) is 14.4. The van der Waals surface area contributed by atoms with Crippen LogP contribution in [0.15, 0.2) is 53.4 Å². The fraction of sp³-hybridized carbons (Fsp3) is 0.278. The SMILES string of the molecule is CS(=O)(=O)c1ccc(NC2CCCN(c3ccccc3F)C2=O)cc1. The summed E-state index contributed by atoms with van der Waals surface area (Å²) in [5.74, 6) is -0.613. The van der Waals surface area contributed by atoms with Crippen molar-refractivity contribution < 1.29 is 17.6 Å². The zero-order valence-corrected chi connectivity index (χ0v) is 14.6. The molecule has 0 bridgehead atoms. The minimum absolute atomic E-state index is 0.191. The molecule has 1 unspecified atom stereocenters. The van der Waals surface area contributed by atoms with E-state index in [9.17, 15) is 17.6 Å². The van der Waals surface area contributed by atoms with Crippen LogP contribution in [0.5, 0.6) is 0 Å². The molecule has 1 N–H and O–H groups in total. The van der Waals surface area contributed by atoms with E-state index < -0.39 is 21.7 Å². The average molecular weight is 362 g/mol. The molecule has 0 saturated carbocycles. The zero-order chi connectivity index (χ0) is 18.0. The Kier molecular flexibility index (Phi) is 4.76. The summed E-state index contributed by atoms with van der Waals surface area (Å²) in [5, 5.41) is 3.12. The van der Waals surface area contributed by atoms with Crippen LogP contribution in [0.2, 0.25) is 0 Å². The molecule has 0 radical (unpaired) electrons. The number of carbonyl (C=O) groups is 1. The third-order valence-electron chi connectivity index (χ3n) is 4.21. The van der Waals surface area contributed by atoms with Gasteiger partial charge in [-0.3, -0.25) is 4.79 Å². The van der Waals surface area contributed by atoms with E-state index in [-0.39, 0.29) is 16.5 Å². The molecule has 0 spiro atoms. The third-order valence-corrected chi connectivity index (χ3v) is 5.33. The molecule has 2 aromatic rings. The number of nitrogens with zero attached hydrogens (tertiary/aromatic N) is 1. The Morgan fingerprint density at radius 3 is 2.44 bits per heavy atom. The predicted octanol–water partition coefficient (Wildman–Crippen LogP) is 2.84. The van der Waals surface area contributed by atoms with Crippen molar-refractivity contribution in [1.82, 2.24) is 0 Å². The lowest BCUT2D eigenvalue weighted by atomic mass is 10.0. The number of hydrogen-bond donors (Lipinski definition) is 1. The highest BCUT2D eigenvalue weighted by Crippen LogP contribution is 2.25. The summed E-state index contributed by atoms with van der Waals surface area (Å²) in [5.41, 5.74) is 0.938. The van der Waals surface area contributed by atoms with E-state index in [4.69, 9.17) is 0 Å². The van der Waals surface area contributed by atoms with Gasteiger partial charge in [0.25, 0.3) is 0 Å². The van der Waals surface area contributed by atoms with Crippen molar-refractivity contribution in [2.45, 2.75) is 23.8 Å². The van der Waals surface area contributed by atoms with Crippen molar-refractivity contribution >= 4 is 27.1 Å². The maximum absolute atomic E-state index is 14.0. The van der Waals surface area contributed by atoms with E-state index in [0.29, 0.717) is 18.7 Å². The Bertz CT molecular complexity index is 881. The van der Waals surface area contributed by atoms with Crippen LogP contribution in [-0.2, 0) is 14.6 Å². The summed E-state index contributed by atoms with van der Waals surface area (Å²) in [7, 11) is -3.26. The topological polar surface area (TPSA) is 66.5 Å². The largest absolute Gasteiger partial charge is 0.374 e. The first kappa shape index (κ1) is 17.4. The highest BCUT2D eigenvalue weighted by atomic mass is 32.2. The zero-order valence-electron chi connectivity index (χ0n) is 13.8. The molecule has 1 amide bonds. The van der Waals surface area contributed by atoms with E-state index in [1.807, 2.05) is 0 Å². The minimum atomic E-state index is -3.26. The highest BCUT2D eigenvalue weighted by Gasteiger charge is 2.30. The molecule has 1 aliphatic rings. The van der Waals surface area contributed by atoms with Crippen molar-refractivity contribution in [3.05, 3.63) is 54.3 Å². The second kappa shape index (κ2) is 6.84. The normalized spacial score (nSPS) is 18.2. The van der Waals surface area contributed by atoms with E-state index in [0.717, 1.165) is 12.7 Å². The van der Waals surface area contributed by atoms with Gasteiger partial charge in [-0.1, -0.05) is 12.1 Å². The fourth-order valence-electron chi connectivity index (χ4n) is 2.92. The highest BCUT2D eigenvalue weighted by molar-refractivity contribution is 7.90.